The quantitative estimate of drug-likeness (QED) is 0.659. The summed E-state index contributed by atoms with van der Waals surface area (Å²) in [5.41, 5.74) is 2.94. The number of para-hydroxylation sites is 1. The molecule has 1 aromatic heterocycles. The van der Waals surface area contributed by atoms with Gasteiger partial charge in [-0.1, -0.05) is 24.3 Å². The van der Waals surface area contributed by atoms with E-state index in [9.17, 15) is 4.79 Å². The van der Waals surface area contributed by atoms with Gasteiger partial charge < -0.3 is 15.7 Å². The lowest BCUT2D eigenvalue weighted by atomic mass is 10.2. The Balaban J connectivity index is 1.79. The van der Waals surface area contributed by atoms with Crippen molar-refractivity contribution in [2.75, 3.05) is 10.6 Å². The molecule has 0 saturated heterocycles. The average molecular weight is 320 g/mol. The van der Waals surface area contributed by atoms with E-state index in [1.165, 1.54) is 6.33 Å². The Morgan fingerprint density at radius 3 is 2.46 bits per heavy atom. The summed E-state index contributed by atoms with van der Waals surface area (Å²) in [6, 6.07) is 16.2. The molecule has 24 heavy (non-hydrogen) atoms. The zero-order valence-electron chi connectivity index (χ0n) is 13.0. The first-order valence-corrected chi connectivity index (χ1v) is 7.37. The first kappa shape index (κ1) is 15.5. The second-order valence-corrected chi connectivity index (χ2v) is 5.24. The van der Waals surface area contributed by atoms with Crippen LogP contribution in [0.2, 0.25) is 0 Å². The molecule has 0 saturated carbocycles. The second-order valence-electron chi connectivity index (χ2n) is 5.24. The Morgan fingerprint density at radius 2 is 1.71 bits per heavy atom. The van der Waals surface area contributed by atoms with Gasteiger partial charge in [0.1, 0.15) is 18.0 Å². The number of anilines is 4. The molecule has 3 N–H and O–H groups in total. The topological polar surface area (TPSA) is 87.1 Å². The molecule has 0 aliphatic carbocycles. The van der Waals surface area contributed by atoms with E-state index in [1.54, 1.807) is 30.3 Å². The lowest BCUT2D eigenvalue weighted by molar-refractivity contribution is 0.0697. The number of aryl methyl sites for hydroxylation is 1. The molecule has 120 valence electrons. The molecule has 3 aromatic rings. The van der Waals surface area contributed by atoms with Crippen LogP contribution in [-0.2, 0) is 0 Å². The molecular formula is C18H16N4O2. The highest BCUT2D eigenvalue weighted by Crippen LogP contribution is 2.21. The van der Waals surface area contributed by atoms with Crippen LogP contribution in [-0.4, -0.2) is 21.0 Å². The van der Waals surface area contributed by atoms with E-state index >= 15 is 0 Å². The Morgan fingerprint density at radius 1 is 0.958 bits per heavy atom. The summed E-state index contributed by atoms with van der Waals surface area (Å²) >= 11 is 0. The van der Waals surface area contributed by atoms with Crippen molar-refractivity contribution in [3.8, 4) is 0 Å². The molecule has 0 fully saturated rings. The van der Waals surface area contributed by atoms with Crippen molar-refractivity contribution in [1.29, 1.82) is 0 Å². The minimum atomic E-state index is -0.969. The van der Waals surface area contributed by atoms with Crippen LogP contribution in [0.5, 0.6) is 0 Å². The van der Waals surface area contributed by atoms with Crippen molar-refractivity contribution in [2.45, 2.75) is 6.92 Å². The van der Waals surface area contributed by atoms with E-state index in [-0.39, 0.29) is 5.56 Å². The Bertz CT molecular complexity index is 880. The first-order valence-electron chi connectivity index (χ1n) is 7.37. The minimum Gasteiger partial charge on any atom is -0.478 e. The SMILES string of the molecule is Cc1ccccc1Nc1cc(Nc2cccc(C(=O)O)c2)ncn1. The van der Waals surface area contributed by atoms with Gasteiger partial charge in [-0.3, -0.25) is 0 Å². The predicted molar refractivity (Wildman–Crippen MR) is 93.2 cm³/mol. The highest BCUT2D eigenvalue weighted by molar-refractivity contribution is 5.89. The monoisotopic (exact) mass is 320 g/mol. The highest BCUT2D eigenvalue weighted by Gasteiger charge is 2.05. The molecule has 0 aliphatic rings. The normalized spacial score (nSPS) is 10.2. The molecule has 1 heterocycles. The van der Waals surface area contributed by atoms with Gasteiger partial charge in [-0.25, -0.2) is 14.8 Å². The standard InChI is InChI=1S/C18H16N4O2/c1-12-5-2-3-8-15(12)22-17-10-16(19-11-20-17)21-14-7-4-6-13(9-14)18(23)24/h2-11H,1H3,(H,23,24)(H2,19,20,21,22). The maximum atomic E-state index is 11.0. The van der Waals surface area contributed by atoms with Gasteiger partial charge in [-0.15, -0.1) is 0 Å². The summed E-state index contributed by atoms with van der Waals surface area (Å²) in [5, 5.41) is 15.4. The highest BCUT2D eigenvalue weighted by atomic mass is 16.4. The fraction of sp³-hybridized carbons (Fsp3) is 0.0556. The number of rotatable bonds is 5. The van der Waals surface area contributed by atoms with Gasteiger partial charge in [0.15, 0.2) is 0 Å². The maximum Gasteiger partial charge on any atom is 0.335 e. The largest absolute Gasteiger partial charge is 0.478 e. The van der Waals surface area contributed by atoms with Crippen LogP contribution in [0.25, 0.3) is 0 Å². The number of aromatic nitrogens is 2. The average Bonchev–Trinajstić information content (AvgIpc) is 2.57. The molecule has 0 radical (unpaired) electrons. The number of nitrogens with zero attached hydrogens (tertiary/aromatic N) is 2. The molecule has 6 heteroatoms. The van der Waals surface area contributed by atoms with Crippen molar-refractivity contribution in [3.05, 3.63) is 72.1 Å². The van der Waals surface area contributed by atoms with E-state index in [4.69, 9.17) is 5.11 Å². The van der Waals surface area contributed by atoms with Crippen LogP contribution >= 0.6 is 0 Å². The molecular weight excluding hydrogens is 304 g/mol. The number of hydrogen-bond donors (Lipinski definition) is 3. The van der Waals surface area contributed by atoms with Crippen molar-refractivity contribution in [2.24, 2.45) is 0 Å². The summed E-state index contributed by atoms with van der Waals surface area (Å²) < 4.78 is 0. The van der Waals surface area contributed by atoms with Crippen LogP contribution in [0.15, 0.2) is 60.9 Å². The van der Waals surface area contributed by atoms with Crippen LogP contribution in [0.3, 0.4) is 0 Å². The summed E-state index contributed by atoms with van der Waals surface area (Å²) in [7, 11) is 0. The Hall–Kier alpha value is -3.41. The van der Waals surface area contributed by atoms with Crippen LogP contribution in [0, 0.1) is 6.92 Å². The number of carbonyl (C=O) groups is 1. The molecule has 0 amide bonds. The summed E-state index contributed by atoms with van der Waals surface area (Å²) in [6.45, 7) is 2.01. The molecule has 0 unspecified atom stereocenters. The minimum absolute atomic E-state index is 0.215. The Kier molecular flexibility index (Phi) is 4.38. The number of nitrogens with one attached hydrogen (secondary N) is 2. The zero-order chi connectivity index (χ0) is 16.9. The summed E-state index contributed by atoms with van der Waals surface area (Å²) in [6.07, 6.45) is 1.45. The van der Waals surface area contributed by atoms with Gasteiger partial charge in [0.25, 0.3) is 0 Å². The van der Waals surface area contributed by atoms with Gasteiger partial charge in [-0.05, 0) is 36.8 Å². The van der Waals surface area contributed by atoms with Gasteiger partial charge in [0.05, 0.1) is 5.56 Å². The van der Waals surface area contributed by atoms with Crippen molar-refractivity contribution in [3.63, 3.8) is 0 Å². The smallest absolute Gasteiger partial charge is 0.335 e. The second kappa shape index (κ2) is 6.78. The van der Waals surface area contributed by atoms with E-state index in [2.05, 4.69) is 20.6 Å². The van der Waals surface area contributed by atoms with E-state index in [1.807, 2.05) is 31.2 Å². The van der Waals surface area contributed by atoms with Gasteiger partial charge in [0.2, 0.25) is 0 Å². The van der Waals surface area contributed by atoms with Crippen molar-refractivity contribution < 1.29 is 9.90 Å². The lowest BCUT2D eigenvalue weighted by Crippen LogP contribution is -2.01. The number of carboxylic acid groups (broad SMARTS) is 1. The van der Waals surface area contributed by atoms with Crippen molar-refractivity contribution >= 4 is 29.0 Å². The third-order valence-corrected chi connectivity index (χ3v) is 3.46. The fourth-order valence-electron chi connectivity index (χ4n) is 2.22. The van der Waals surface area contributed by atoms with E-state index < -0.39 is 5.97 Å². The summed E-state index contributed by atoms with van der Waals surface area (Å²) in [4.78, 5) is 19.4. The summed E-state index contributed by atoms with van der Waals surface area (Å²) in [5.74, 6) is 0.253. The number of aromatic carboxylic acids is 1. The number of hydrogen-bond acceptors (Lipinski definition) is 5. The van der Waals surface area contributed by atoms with Gasteiger partial charge in [-0.2, -0.15) is 0 Å². The number of carboxylic acids is 1. The van der Waals surface area contributed by atoms with Crippen LogP contribution < -0.4 is 10.6 Å². The fourth-order valence-corrected chi connectivity index (χ4v) is 2.22. The molecule has 0 aliphatic heterocycles. The molecule has 0 bridgehead atoms. The third kappa shape index (κ3) is 3.67. The molecule has 3 rings (SSSR count). The predicted octanol–water partition coefficient (Wildman–Crippen LogP) is 3.97. The lowest BCUT2D eigenvalue weighted by Gasteiger charge is -2.10. The first-order chi connectivity index (χ1) is 11.6. The maximum absolute atomic E-state index is 11.0. The van der Waals surface area contributed by atoms with Crippen LogP contribution in [0.1, 0.15) is 15.9 Å². The molecule has 2 aromatic carbocycles. The molecule has 0 spiro atoms. The van der Waals surface area contributed by atoms with Crippen molar-refractivity contribution in [1.82, 2.24) is 9.97 Å². The van der Waals surface area contributed by atoms with E-state index in [0.717, 1.165) is 11.3 Å². The molecule has 6 nitrogen and oxygen atoms in total. The third-order valence-electron chi connectivity index (χ3n) is 3.46. The Labute approximate surface area is 139 Å². The van der Waals surface area contributed by atoms with Crippen LogP contribution in [0.4, 0.5) is 23.0 Å². The molecule has 0 atom stereocenters. The van der Waals surface area contributed by atoms with Gasteiger partial charge in [0, 0.05) is 17.4 Å². The zero-order valence-corrected chi connectivity index (χ0v) is 13.0. The number of benzene rings is 2. The van der Waals surface area contributed by atoms with Gasteiger partial charge >= 0.3 is 5.97 Å². The van der Waals surface area contributed by atoms with E-state index in [0.29, 0.717) is 17.3 Å².